The van der Waals surface area contributed by atoms with Gasteiger partial charge in [-0.3, -0.25) is 9.28 Å². The Labute approximate surface area is 95.5 Å². The van der Waals surface area contributed by atoms with E-state index in [0.29, 0.717) is 11.0 Å². The number of nitrogens with zero attached hydrogens (tertiary/aromatic N) is 1. The van der Waals surface area contributed by atoms with Gasteiger partial charge in [-0.2, -0.15) is 0 Å². The number of likely N-dealkylation sites (N-methyl/N-ethyl adjacent to an activating group) is 1. The van der Waals surface area contributed by atoms with Crippen LogP contribution >= 0.6 is 11.6 Å². The highest BCUT2D eigenvalue weighted by molar-refractivity contribution is 6.64. The molecule has 0 heterocycles. The topological polar surface area (TPSA) is 17.1 Å². The molecule has 0 amide bonds. The van der Waals surface area contributed by atoms with Crippen LogP contribution in [-0.4, -0.2) is 25.9 Å². The second-order valence-electron chi connectivity index (χ2n) is 3.53. The van der Waals surface area contributed by atoms with E-state index in [1.165, 1.54) is 0 Å². The van der Waals surface area contributed by atoms with E-state index in [1.807, 2.05) is 44.4 Å². The van der Waals surface area contributed by atoms with E-state index in [-0.39, 0.29) is 17.6 Å². The molecule has 0 radical (unpaired) electrons. The molecule has 2 nitrogen and oxygen atoms in total. The molecule has 0 unspecified atom stereocenters. The number of carbonyl (C=O) groups excluding carboxylic acids is 1. The van der Waals surface area contributed by atoms with Gasteiger partial charge >= 0.3 is 0 Å². The first-order chi connectivity index (χ1) is 6.02. The lowest BCUT2D eigenvalue weighted by Gasteiger charge is -2.27. The zero-order valence-corrected chi connectivity index (χ0v) is 9.72. The summed E-state index contributed by atoms with van der Waals surface area (Å²) in [6.07, 6.45) is 0. The van der Waals surface area contributed by atoms with Crippen LogP contribution in [0, 0.1) is 0 Å². The maximum absolute atomic E-state index is 10.8. The van der Waals surface area contributed by atoms with Crippen LogP contribution in [0.1, 0.15) is 0 Å². The Kier molecular flexibility index (Phi) is 5.13. The highest BCUT2D eigenvalue weighted by atomic mass is 35.5. The van der Waals surface area contributed by atoms with Crippen molar-refractivity contribution < 1.29 is 17.2 Å². The molecule has 0 saturated heterocycles. The third-order valence-corrected chi connectivity index (χ3v) is 2.09. The van der Waals surface area contributed by atoms with E-state index in [2.05, 4.69) is 0 Å². The summed E-state index contributed by atoms with van der Waals surface area (Å²) < 4.78 is 0.489. The Morgan fingerprint density at radius 3 is 2.21 bits per heavy atom. The van der Waals surface area contributed by atoms with Crippen LogP contribution in [0.4, 0.5) is 5.69 Å². The Balaban J connectivity index is 0.00000169. The molecule has 0 atom stereocenters. The molecule has 0 N–H and O–H groups in total. The van der Waals surface area contributed by atoms with Gasteiger partial charge in [-0.05, 0) is 23.7 Å². The molecule has 0 saturated carbocycles. The molecule has 0 fully saturated rings. The van der Waals surface area contributed by atoms with E-state index in [0.717, 1.165) is 5.69 Å². The zero-order chi connectivity index (χ0) is 9.90. The third-order valence-electron chi connectivity index (χ3n) is 1.97. The molecule has 78 valence electrons. The van der Waals surface area contributed by atoms with Crippen LogP contribution < -0.4 is 16.9 Å². The van der Waals surface area contributed by atoms with Crippen molar-refractivity contribution >= 4 is 22.5 Å². The van der Waals surface area contributed by atoms with E-state index in [1.54, 1.807) is 0 Å². The molecular weight excluding hydrogens is 221 g/mol. The average Bonchev–Trinajstić information content (AvgIpc) is 2.04. The summed E-state index contributed by atoms with van der Waals surface area (Å²) in [6, 6.07) is 9.83. The highest BCUT2D eigenvalue weighted by Crippen LogP contribution is 2.17. The lowest BCUT2D eigenvalue weighted by Crippen LogP contribution is -3.00. The number of para-hydroxylation sites is 1. The van der Waals surface area contributed by atoms with Gasteiger partial charge in [0.2, 0.25) is 0 Å². The molecule has 0 aliphatic carbocycles. The smallest absolute Gasteiger partial charge is 0.276 e. The Morgan fingerprint density at radius 2 is 1.79 bits per heavy atom. The summed E-state index contributed by atoms with van der Waals surface area (Å²) in [7, 11) is 3.91. The molecule has 4 heteroatoms. The molecule has 0 spiro atoms. The van der Waals surface area contributed by atoms with Gasteiger partial charge in [-0.25, -0.2) is 0 Å². The number of halogens is 2. The van der Waals surface area contributed by atoms with Gasteiger partial charge in [-0.15, -0.1) is 0 Å². The van der Waals surface area contributed by atoms with Gasteiger partial charge in [0.15, 0.2) is 6.54 Å². The molecule has 0 aliphatic rings. The van der Waals surface area contributed by atoms with Gasteiger partial charge in [-0.1, -0.05) is 18.2 Å². The fraction of sp³-hybridized carbons (Fsp3) is 0.300. The lowest BCUT2D eigenvalue weighted by atomic mass is 10.2. The largest absolute Gasteiger partial charge is 1.00 e. The van der Waals surface area contributed by atoms with Crippen molar-refractivity contribution in [1.82, 2.24) is 4.48 Å². The van der Waals surface area contributed by atoms with E-state index >= 15 is 0 Å². The van der Waals surface area contributed by atoms with Crippen molar-refractivity contribution in [3.63, 3.8) is 0 Å². The summed E-state index contributed by atoms with van der Waals surface area (Å²) in [5.41, 5.74) is 1.08. The predicted octanol–water partition coefficient (Wildman–Crippen LogP) is -0.977. The van der Waals surface area contributed by atoms with Gasteiger partial charge in [0.25, 0.3) is 5.24 Å². The minimum absolute atomic E-state index is 0. The van der Waals surface area contributed by atoms with Crippen molar-refractivity contribution in [3.05, 3.63) is 30.3 Å². The van der Waals surface area contributed by atoms with Crippen LogP contribution in [0.15, 0.2) is 30.3 Å². The molecule has 1 rings (SSSR count). The normalized spacial score (nSPS) is 10.5. The Bertz CT molecular complexity index is 298. The Morgan fingerprint density at radius 1 is 1.29 bits per heavy atom. The van der Waals surface area contributed by atoms with Gasteiger partial charge in [0, 0.05) is 0 Å². The first-order valence-electron chi connectivity index (χ1n) is 4.09. The minimum Gasteiger partial charge on any atom is -1.00 e. The standard InChI is InChI=1S/C10H13ClNO.ClH/c1-12(2,8-10(11)13)9-6-4-3-5-7-9;/h3-7H,8H2,1-2H3;1H/q+1;/p-1. The molecule has 1 aromatic carbocycles. The lowest BCUT2D eigenvalue weighted by molar-refractivity contribution is -0.112. The van der Waals surface area contributed by atoms with Crippen molar-refractivity contribution in [2.24, 2.45) is 0 Å². The summed E-state index contributed by atoms with van der Waals surface area (Å²) in [5.74, 6) is 0. The molecule has 0 bridgehead atoms. The van der Waals surface area contributed by atoms with Crippen LogP contribution in [0.25, 0.3) is 0 Å². The van der Waals surface area contributed by atoms with E-state index in [4.69, 9.17) is 11.6 Å². The third kappa shape index (κ3) is 3.66. The van der Waals surface area contributed by atoms with Crippen molar-refractivity contribution in [2.75, 3.05) is 20.6 Å². The highest BCUT2D eigenvalue weighted by Gasteiger charge is 2.21. The van der Waals surface area contributed by atoms with Crippen molar-refractivity contribution in [2.45, 2.75) is 0 Å². The zero-order valence-electron chi connectivity index (χ0n) is 8.21. The number of carbonyl (C=O) groups is 1. The summed E-state index contributed by atoms with van der Waals surface area (Å²) >= 11 is 5.36. The van der Waals surface area contributed by atoms with Crippen molar-refractivity contribution in [3.8, 4) is 0 Å². The number of hydrogen-bond donors (Lipinski definition) is 0. The number of quaternary nitrogens is 1. The van der Waals surface area contributed by atoms with E-state index in [9.17, 15) is 4.79 Å². The molecule has 0 aliphatic heterocycles. The minimum atomic E-state index is -0.311. The number of hydrogen-bond acceptors (Lipinski definition) is 1. The van der Waals surface area contributed by atoms with Crippen LogP contribution in [-0.2, 0) is 4.79 Å². The monoisotopic (exact) mass is 233 g/mol. The summed E-state index contributed by atoms with van der Waals surface area (Å²) in [6.45, 7) is 0.311. The summed E-state index contributed by atoms with van der Waals surface area (Å²) in [4.78, 5) is 10.8. The van der Waals surface area contributed by atoms with Crippen molar-refractivity contribution in [1.29, 1.82) is 0 Å². The van der Waals surface area contributed by atoms with Gasteiger partial charge < -0.3 is 12.4 Å². The molecule has 14 heavy (non-hydrogen) atoms. The van der Waals surface area contributed by atoms with Crippen LogP contribution in [0.3, 0.4) is 0 Å². The van der Waals surface area contributed by atoms with Crippen LogP contribution in [0.5, 0.6) is 0 Å². The van der Waals surface area contributed by atoms with Gasteiger partial charge in [0.05, 0.1) is 14.1 Å². The second-order valence-corrected chi connectivity index (χ2v) is 3.96. The van der Waals surface area contributed by atoms with Crippen LogP contribution in [0.2, 0.25) is 0 Å². The maximum atomic E-state index is 10.8. The maximum Gasteiger partial charge on any atom is 0.276 e. The fourth-order valence-electron chi connectivity index (χ4n) is 1.23. The van der Waals surface area contributed by atoms with Gasteiger partial charge in [0.1, 0.15) is 5.69 Å². The second kappa shape index (κ2) is 5.35. The Hall–Kier alpha value is -0.570. The fourth-order valence-corrected chi connectivity index (χ4v) is 1.53. The predicted molar refractivity (Wildman–Crippen MR) is 55.8 cm³/mol. The first kappa shape index (κ1) is 13.4. The quantitative estimate of drug-likeness (QED) is 0.485. The number of benzene rings is 1. The first-order valence-corrected chi connectivity index (χ1v) is 4.47. The SMILES string of the molecule is C[N+](C)(CC(=O)Cl)c1ccccc1.[Cl-]. The van der Waals surface area contributed by atoms with E-state index < -0.39 is 0 Å². The molecule has 1 aromatic rings. The average molecular weight is 234 g/mol. The number of rotatable bonds is 3. The molecular formula is C10H13Cl2NO. The molecule has 0 aromatic heterocycles. The summed E-state index contributed by atoms with van der Waals surface area (Å²) in [5, 5.41) is -0.311.